The predicted octanol–water partition coefficient (Wildman–Crippen LogP) is 2.65. The lowest BCUT2D eigenvalue weighted by atomic mass is 10.00. The lowest BCUT2D eigenvalue weighted by molar-refractivity contribution is -0.188. The minimum atomic E-state index is -4.65. The summed E-state index contributed by atoms with van der Waals surface area (Å²) in [5.41, 5.74) is 7.97. The molecule has 0 fully saturated rings. The molecule has 0 aliphatic carbocycles. The number of hydrogen-bond donors (Lipinski definition) is 2. The van der Waals surface area contributed by atoms with E-state index in [0.29, 0.717) is 0 Å². The van der Waals surface area contributed by atoms with Crippen LogP contribution in [0.2, 0.25) is 0 Å². The van der Waals surface area contributed by atoms with Crippen molar-refractivity contribution in [1.82, 2.24) is 0 Å². The van der Waals surface area contributed by atoms with Gasteiger partial charge in [-0.05, 0) is 12.5 Å². The van der Waals surface area contributed by atoms with Crippen LogP contribution in [-0.2, 0) is 5.66 Å². The van der Waals surface area contributed by atoms with Crippen LogP contribution in [0.1, 0.15) is 25.0 Å². The standard InChI is InChI=1S/C9H11F3N2.C2H6/c1-6-2-4-7(5-3-6)8(13,14)9(10,11)12;1-2/h2-5H,13-14H2,1H3;1-2H3. The van der Waals surface area contributed by atoms with Crippen LogP contribution < -0.4 is 11.5 Å². The largest absolute Gasteiger partial charge is 0.423 e. The van der Waals surface area contributed by atoms with Crippen molar-refractivity contribution in [2.24, 2.45) is 11.5 Å². The molecule has 1 aromatic rings. The first kappa shape index (κ1) is 14.9. The molecule has 4 N–H and O–H groups in total. The van der Waals surface area contributed by atoms with E-state index in [1.807, 2.05) is 13.8 Å². The molecule has 0 amide bonds. The van der Waals surface area contributed by atoms with Gasteiger partial charge < -0.3 is 11.5 Å². The van der Waals surface area contributed by atoms with E-state index in [2.05, 4.69) is 0 Å². The van der Waals surface area contributed by atoms with Crippen LogP contribution in [0.3, 0.4) is 0 Å². The van der Waals surface area contributed by atoms with E-state index < -0.39 is 11.8 Å². The highest BCUT2D eigenvalue weighted by molar-refractivity contribution is 5.28. The molecule has 0 unspecified atom stereocenters. The fourth-order valence-corrected chi connectivity index (χ4v) is 0.993. The van der Waals surface area contributed by atoms with Crippen LogP contribution >= 0.6 is 0 Å². The third-order valence-corrected chi connectivity index (χ3v) is 2.00. The zero-order valence-corrected chi connectivity index (χ0v) is 9.60. The molecule has 0 aromatic heterocycles. The molecule has 0 saturated heterocycles. The maximum absolute atomic E-state index is 12.4. The fraction of sp³-hybridized carbons (Fsp3) is 0.455. The van der Waals surface area contributed by atoms with Crippen molar-refractivity contribution < 1.29 is 13.2 Å². The molecule has 1 rings (SSSR count). The van der Waals surface area contributed by atoms with Crippen molar-refractivity contribution in [2.45, 2.75) is 32.6 Å². The van der Waals surface area contributed by atoms with Crippen LogP contribution in [0, 0.1) is 6.92 Å². The number of hydrogen-bond acceptors (Lipinski definition) is 2. The van der Waals surface area contributed by atoms with Crippen LogP contribution in [0.15, 0.2) is 24.3 Å². The molecule has 16 heavy (non-hydrogen) atoms. The number of alkyl halides is 3. The summed E-state index contributed by atoms with van der Waals surface area (Å²) >= 11 is 0. The van der Waals surface area contributed by atoms with Crippen LogP contribution in [0.5, 0.6) is 0 Å². The van der Waals surface area contributed by atoms with Crippen molar-refractivity contribution in [1.29, 1.82) is 0 Å². The number of aryl methyl sites for hydroxylation is 1. The van der Waals surface area contributed by atoms with E-state index >= 15 is 0 Å². The highest BCUT2D eigenvalue weighted by atomic mass is 19.4. The second-order valence-electron chi connectivity index (χ2n) is 3.23. The topological polar surface area (TPSA) is 52.0 Å². The van der Waals surface area contributed by atoms with Gasteiger partial charge in [-0.2, -0.15) is 13.2 Å². The molecular formula is C11H17F3N2. The van der Waals surface area contributed by atoms with E-state index in [4.69, 9.17) is 11.5 Å². The number of halogens is 3. The van der Waals surface area contributed by atoms with E-state index in [-0.39, 0.29) is 5.56 Å². The normalized spacial score (nSPS) is 11.8. The molecule has 1 aromatic carbocycles. The summed E-state index contributed by atoms with van der Waals surface area (Å²) in [6.45, 7) is 5.77. The van der Waals surface area contributed by atoms with Crippen LogP contribution in [0.4, 0.5) is 13.2 Å². The third-order valence-electron chi connectivity index (χ3n) is 2.00. The summed E-state index contributed by atoms with van der Waals surface area (Å²) in [6, 6.07) is 5.64. The minimum Gasteiger partial charge on any atom is -0.302 e. The highest BCUT2D eigenvalue weighted by Gasteiger charge is 2.50. The highest BCUT2D eigenvalue weighted by Crippen LogP contribution is 2.32. The van der Waals surface area contributed by atoms with E-state index in [1.54, 1.807) is 6.92 Å². The molecule has 2 nitrogen and oxygen atoms in total. The van der Waals surface area contributed by atoms with E-state index in [1.165, 1.54) is 24.3 Å². The van der Waals surface area contributed by atoms with Gasteiger partial charge in [0.15, 0.2) is 5.66 Å². The Balaban J connectivity index is 0.00000106. The summed E-state index contributed by atoms with van der Waals surface area (Å²) < 4.78 is 37.1. The zero-order chi connectivity index (χ0) is 13.0. The van der Waals surface area contributed by atoms with Crippen molar-refractivity contribution in [3.05, 3.63) is 35.4 Å². The Morgan fingerprint density at radius 3 is 1.62 bits per heavy atom. The molecule has 0 bridgehead atoms. The molecule has 0 aliphatic heterocycles. The maximum Gasteiger partial charge on any atom is 0.423 e. The minimum absolute atomic E-state index is 0.143. The van der Waals surface area contributed by atoms with Gasteiger partial charge in [-0.3, -0.25) is 0 Å². The first-order chi connectivity index (χ1) is 7.25. The van der Waals surface area contributed by atoms with Gasteiger partial charge in [0.1, 0.15) is 0 Å². The molecular weight excluding hydrogens is 217 g/mol. The smallest absolute Gasteiger partial charge is 0.302 e. The first-order valence-corrected chi connectivity index (χ1v) is 4.97. The Labute approximate surface area is 93.4 Å². The van der Waals surface area contributed by atoms with Crippen molar-refractivity contribution in [3.8, 4) is 0 Å². The molecule has 0 spiro atoms. The predicted molar refractivity (Wildman–Crippen MR) is 58.6 cm³/mol. The monoisotopic (exact) mass is 234 g/mol. The van der Waals surface area contributed by atoms with Gasteiger partial charge in [-0.25, -0.2) is 0 Å². The van der Waals surface area contributed by atoms with Gasteiger partial charge in [0.25, 0.3) is 0 Å². The molecule has 0 heterocycles. The molecule has 0 atom stereocenters. The lowest BCUT2D eigenvalue weighted by Gasteiger charge is -2.27. The van der Waals surface area contributed by atoms with Crippen molar-refractivity contribution in [2.75, 3.05) is 0 Å². The molecule has 5 heteroatoms. The number of rotatable bonds is 1. The van der Waals surface area contributed by atoms with Gasteiger partial charge in [0.2, 0.25) is 0 Å². The van der Waals surface area contributed by atoms with Crippen LogP contribution in [-0.4, -0.2) is 6.18 Å². The van der Waals surface area contributed by atoms with Gasteiger partial charge in [-0.1, -0.05) is 43.7 Å². The average molecular weight is 234 g/mol. The van der Waals surface area contributed by atoms with Crippen LogP contribution in [0.25, 0.3) is 0 Å². The zero-order valence-electron chi connectivity index (χ0n) is 9.60. The Bertz CT molecular complexity index is 315. The Hall–Kier alpha value is -1.07. The van der Waals surface area contributed by atoms with E-state index in [0.717, 1.165) is 5.56 Å². The SMILES string of the molecule is CC.Cc1ccc(C(N)(N)C(F)(F)F)cc1. The maximum atomic E-state index is 12.4. The Kier molecular flexibility index (Phi) is 4.96. The molecule has 0 radical (unpaired) electrons. The van der Waals surface area contributed by atoms with Gasteiger partial charge in [0, 0.05) is 0 Å². The summed E-state index contributed by atoms with van der Waals surface area (Å²) in [5.74, 6) is 0. The second-order valence-corrected chi connectivity index (χ2v) is 3.23. The number of benzene rings is 1. The Morgan fingerprint density at radius 2 is 1.31 bits per heavy atom. The van der Waals surface area contributed by atoms with Crippen molar-refractivity contribution in [3.63, 3.8) is 0 Å². The van der Waals surface area contributed by atoms with Gasteiger partial charge >= 0.3 is 6.18 Å². The van der Waals surface area contributed by atoms with Crippen molar-refractivity contribution >= 4 is 0 Å². The lowest BCUT2D eigenvalue weighted by Crippen LogP contribution is -2.57. The fourth-order valence-electron chi connectivity index (χ4n) is 0.993. The first-order valence-electron chi connectivity index (χ1n) is 4.97. The molecule has 0 aliphatic rings. The number of nitrogens with two attached hydrogens (primary N) is 2. The Morgan fingerprint density at radius 1 is 0.938 bits per heavy atom. The average Bonchev–Trinajstić information content (AvgIpc) is 2.20. The summed E-state index contributed by atoms with van der Waals surface area (Å²) in [5, 5.41) is 0. The van der Waals surface area contributed by atoms with Gasteiger partial charge in [0.05, 0.1) is 0 Å². The quantitative estimate of drug-likeness (QED) is 0.734. The third kappa shape index (κ3) is 3.21. The summed E-state index contributed by atoms with van der Waals surface area (Å²) in [6.07, 6.45) is -4.65. The summed E-state index contributed by atoms with van der Waals surface area (Å²) in [7, 11) is 0. The molecule has 92 valence electrons. The second kappa shape index (κ2) is 5.32. The van der Waals surface area contributed by atoms with Gasteiger partial charge in [-0.15, -0.1) is 0 Å². The van der Waals surface area contributed by atoms with E-state index in [9.17, 15) is 13.2 Å². The summed E-state index contributed by atoms with van der Waals surface area (Å²) in [4.78, 5) is 0. The molecule has 0 saturated carbocycles.